The maximum absolute atomic E-state index is 13.6. The molecule has 1 atom stereocenters. The molecular formula is C39H45ClN10O8. The number of carbonyl (C=O) groups excluding carboxylic acids is 3. The van der Waals surface area contributed by atoms with Crippen molar-refractivity contribution in [1.82, 2.24) is 43.7 Å². The predicted molar refractivity (Wildman–Crippen MR) is 212 cm³/mol. The SMILES string of the molecule is CCc1c2c(nc3ccc(OC(=O)N4CCC(N5CCCCC5)CC4)cc13)-c1cc3c(c(=O)n1C2)COC(=O)[C@]3(O)CC.Cl.Cn1nnc2c(C(N)=O)ncn2c1=O. The number of cyclic esters (lactones) is 1. The van der Waals surface area contributed by atoms with E-state index in [1.54, 1.807) is 23.6 Å². The van der Waals surface area contributed by atoms with Crippen LogP contribution < -0.4 is 21.7 Å². The Balaban J connectivity index is 0.000000289. The molecule has 2 saturated heterocycles. The normalized spacial score (nSPS) is 19.0. The quantitative estimate of drug-likeness (QED) is 0.239. The number of benzene rings is 1. The number of ether oxygens (including phenoxy) is 2. The van der Waals surface area contributed by atoms with Crippen LogP contribution in [0.1, 0.15) is 85.1 Å². The summed E-state index contributed by atoms with van der Waals surface area (Å²) in [6, 6.07) is 7.77. The van der Waals surface area contributed by atoms with Crippen molar-refractivity contribution >= 4 is 46.9 Å². The van der Waals surface area contributed by atoms with E-state index >= 15 is 0 Å². The Morgan fingerprint density at radius 3 is 2.47 bits per heavy atom. The molecule has 0 saturated carbocycles. The number of aromatic nitrogens is 7. The van der Waals surface area contributed by atoms with Crippen LogP contribution in [0.4, 0.5) is 4.79 Å². The fourth-order valence-corrected chi connectivity index (χ4v) is 8.53. The standard InChI is InChI=1S/C33H38N4O6.C6H6N6O2.ClH/c1-3-22-23-16-21(43-32(40)36-14-10-20(11-15-36)35-12-6-5-7-13-35)8-9-27(23)34-29-24(22)18-37-28(29)17-26-25(30(37)38)19-42-31(39)33(26,41)4-2;1-11-6(14)12-2-8-3(4(7)13)5(12)9-10-11;/h8-9,16-17,20,41H,3-7,10-15,18-19H2,1-2H3;2H,1H3,(H2,7,13);1H/t33-;;/m0../s1. The Kier molecular flexibility index (Phi) is 11.1. The van der Waals surface area contributed by atoms with E-state index in [0.717, 1.165) is 44.0 Å². The smallest absolute Gasteiger partial charge is 0.415 e. The minimum absolute atomic E-state index is 0. The first-order chi connectivity index (χ1) is 27.4. The molecule has 0 aliphatic carbocycles. The Labute approximate surface area is 338 Å². The number of halogens is 1. The van der Waals surface area contributed by atoms with Gasteiger partial charge in [-0.05, 0) is 81.4 Å². The van der Waals surface area contributed by atoms with Gasteiger partial charge in [0.2, 0.25) is 0 Å². The lowest BCUT2D eigenvalue weighted by Crippen LogP contribution is -2.48. The second-order valence-corrected chi connectivity index (χ2v) is 14.9. The molecule has 19 heteroatoms. The molecule has 4 aliphatic heterocycles. The van der Waals surface area contributed by atoms with Crippen LogP contribution in [0, 0.1) is 0 Å². The number of pyridine rings is 2. The number of esters is 1. The van der Waals surface area contributed by atoms with E-state index < -0.39 is 23.2 Å². The third kappa shape index (κ3) is 6.87. The molecule has 1 aromatic carbocycles. The van der Waals surface area contributed by atoms with Crippen molar-refractivity contribution in [3.63, 3.8) is 0 Å². The van der Waals surface area contributed by atoms with Crippen molar-refractivity contribution in [2.24, 2.45) is 12.8 Å². The first-order valence-corrected chi connectivity index (χ1v) is 19.3. The summed E-state index contributed by atoms with van der Waals surface area (Å²) in [5.41, 5.74) is 6.98. The van der Waals surface area contributed by atoms with E-state index in [4.69, 9.17) is 20.2 Å². The number of primary amides is 1. The number of imidazole rings is 1. The van der Waals surface area contributed by atoms with Gasteiger partial charge < -0.3 is 34.7 Å². The van der Waals surface area contributed by atoms with Crippen LogP contribution in [-0.2, 0) is 41.8 Å². The molecule has 0 radical (unpaired) electrons. The summed E-state index contributed by atoms with van der Waals surface area (Å²) in [4.78, 5) is 74.4. The monoisotopic (exact) mass is 816 g/mol. The van der Waals surface area contributed by atoms with Crippen LogP contribution in [0.2, 0.25) is 0 Å². The van der Waals surface area contributed by atoms with Gasteiger partial charge in [-0.2, -0.15) is 4.68 Å². The Bertz CT molecular complexity index is 2570. The molecule has 2 amide bonds. The van der Waals surface area contributed by atoms with Gasteiger partial charge in [0.15, 0.2) is 16.9 Å². The fraction of sp³-hybridized carbons (Fsp3) is 0.462. The van der Waals surface area contributed by atoms with E-state index in [9.17, 15) is 29.1 Å². The van der Waals surface area contributed by atoms with Crippen molar-refractivity contribution in [3.05, 3.63) is 79.4 Å². The highest BCUT2D eigenvalue weighted by molar-refractivity contribution is 5.96. The summed E-state index contributed by atoms with van der Waals surface area (Å²) in [6.45, 7) is 7.65. The summed E-state index contributed by atoms with van der Waals surface area (Å²) >= 11 is 0. The number of nitrogens with two attached hydrogens (primary N) is 1. The summed E-state index contributed by atoms with van der Waals surface area (Å²) in [5.74, 6) is -1.01. The maximum atomic E-state index is 13.6. The minimum atomic E-state index is -1.86. The summed E-state index contributed by atoms with van der Waals surface area (Å²) in [5, 5.41) is 19.2. The largest absolute Gasteiger partial charge is 0.458 e. The zero-order chi connectivity index (χ0) is 40.2. The van der Waals surface area contributed by atoms with Gasteiger partial charge in [-0.15, -0.1) is 17.5 Å². The van der Waals surface area contributed by atoms with Crippen LogP contribution in [-0.4, -0.2) is 99.0 Å². The van der Waals surface area contributed by atoms with Crippen molar-refractivity contribution in [2.45, 2.75) is 83.6 Å². The molecule has 18 nitrogen and oxygen atoms in total. The first-order valence-electron chi connectivity index (χ1n) is 19.3. The third-order valence-electron chi connectivity index (χ3n) is 11.7. The number of fused-ring (bicyclic) bond motifs is 6. The van der Waals surface area contributed by atoms with E-state index in [1.165, 1.54) is 45.7 Å². The number of aliphatic hydroxyl groups is 1. The number of carbonyl (C=O) groups is 3. The van der Waals surface area contributed by atoms with Crippen LogP contribution in [0.15, 0.2) is 40.2 Å². The molecule has 2 fully saturated rings. The number of amides is 2. The van der Waals surface area contributed by atoms with E-state index in [1.807, 2.05) is 17.0 Å². The second kappa shape index (κ2) is 15.9. The molecule has 8 heterocycles. The van der Waals surface area contributed by atoms with Gasteiger partial charge in [0, 0.05) is 42.7 Å². The van der Waals surface area contributed by atoms with Crippen LogP contribution >= 0.6 is 12.4 Å². The highest BCUT2D eigenvalue weighted by Crippen LogP contribution is 2.41. The van der Waals surface area contributed by atoms with E-state index in [-0.39, 0.29) is 48.4 Å². The van der Waals surface area contributed by atoms with Crippen molar-refractivity contribution in [3.8, 4) is 17.1 Å². The number of hydrogen-bond acceptors (Lipinski definition) is 13. The van der Waals surface area contributed by atoms with E-state index in [0.29, 0.717) is 60.4 Å². The number of rotatable bonds is 5. The van der Waals surface area contributed by atoms with Gasteiger partial charge in [-0.1, -0.05) is 25.5 Å². The highest BCUT2D eigenvalue weighted by Gasteiger charge is 2.45. The number of likely N-dealkylation sites (tertiary alicyclic amines) is 2. The first kappa shape index (κ1) is 40.5. The highest BCUT2D eigenvalue weighted by atomic mass is 35.5. The Morgan fingerprint density at radius 2 is 1.78 bits per heavy atom. The molecule has 4 aliphatic rings. The third-order valence-corrected chi connectivity index (χ3v) is 11.7. The molecular weight excluding hydrogens is 772 g/mol. The maximum Gasteiger partial charge on any atom is 0.415 e. The summed E-state index contributed by atoms with van der Waals surface area (Å²) < 4.78 is 14.8. The average Bonchev–Trinajstić information content (AvgIpc) is 3.83. The van der Waals surface area contributed by atoms with Gasteiger partial charge in [0.05, 0.1) is 29.0 Å². The van der Waals surface area contributed by atoms with Gasteiger partial charge in [0.25, 0.3) is 11.5 Å². The molecule has 58 heavy (non-hydrogen) atoms. The van der Waals surface area contributed by atoms with Gasteiger partial charge in [-0.25, -0.2) is 28.8 Å². The zero-order valence-electron chi connectivity index (χ0n) is 32.5. The summed E-state index contributed by atoms with van der Waals surface area (Å²) in [6.07, 6.45) is 7.45. The van der Waals surface area contributed by atoms with Crippen LogP contribution in [0.25, 0.3) is 27.9 Å². The van der Waals surface area contributed by atoms with Gasteiger partial charge in [0.1, 0.15) is 18.7 Å². The molecule has 0 unspecified atom stereocenters. The fourth-order valence-electron chi connectivity index (χ4n) is 8.53. The van der Waals surface area contributed by atoms with Gasteiger partial charge in [-0.3, -0.25) is 9.59 Å². The van der Waals surface area contributed by atoms with Crippen LogP contribution in [0.3, 0.4) is 0 Å². The van der Waals surface area contributed by atoms with Crippen molar-refractivity contribution in [2.75, 3.05) is 26.2 Å². The Morgan fingerprint density at radius 1 is 1.03 bits per heavy atom. The number of aryl methyl sites for hydroxylation is 2. The lowest BCUT2D eigenvalue weighted by Gasteiger charge is -2.39. The molecule has 4 aromatic heterocycles. The minimum Gasteiger partial charge on any atom is -0.458 e. The average molecular weight is 817 g/mol. The lowest BCUT2D eigenvalue weighted by molar-refractivity contribution is -0.172. The van der Waals surface area contributed by atoms with Gasteiger partial charge >= 0.3 is 17.8 Å². The molecule has 306 valence electrons. The number of nitrogens with zero attached hydrogens (tertiary/aromatic N) is 9. The molecule has 9 rings (SSSR count). The van der Waals surface area contributed by atoms with Crippen LogP contribution in [0.5, 0.6) is 5.75 Å². The lowest BCUT2D eigenvalue weighted by atomic mass is 9.86. The number of piperidine rings is 2. The van der Waals surface area contributed by atoms with E-state index in [2.05, 4.69) is 27.1 Å². The molecule has 0 spiro atoms. The zero-order valence-corrected chi connectivity index (χ0v) is 33.3. The Hall–Kier alpha value is -5.72. The summed E-state index contributed by atoms with van der Waals surface area (Å²) in [7, 11) is 1.44. The van der Waals surface area contributed by atoms with Crippen molar-refractivity contribution in [1.29, 1.82) is 0 Å². The molecule has 3 N–H and O–H groups in total. The predicted octanol–water partition coefficient (Wildman–Crippen LogP) is 2.43. The van der Waals surface area contributed by atoms with Crippen molar-refractivity contribution < 1.29 is 29.0 Å². The molecule has 5 aromatic rings. The molecule has 0 bridgehead atoms. The topological polar surface area (TPSA) is 222 Å². The second-order valence-electron chi connectivity index (χ2n) is 14.9. The number of hydrogen-bond donors (Lipinski definition) is 2.